The first-order valence-corrected chi connectivity index (χ1v) is 7.05. The highest BCUT2D eigenvalue weighted by molar-refractivity contribution is 7.12. The summed E-state index contributed by atoms with van der Waals surface area (Å²) in [6, 6.07) is 1.95. The molecule has 1 heterocycles. The second-order valence-electron chi connectivity index (χ2n) is 4.79. The third kappa shape index (κ3) is 2.56. The van der Waals surface area contributed by atoms with Crippen LogP contribution in [0.4, 0.5) is 0 Å². The smallest absolute Gasteiger partial charge is 0.305 e. The number of aryl methyl sites for hydroxylation is 1. The molecular formula is C13H17NO3S. The summed E-state index contributed by atoms with van der Waals surface area (Å²) in [5, 5.41) is 13.7. The third-order valence-electron chi connectivity index (χ3n) is 3.51. The molecule has 0 radical (unpaired) electrons. The number of amides is 1. The molecule has 1 aromatic heterocycles. The van der Waals surface area contributed by atoms with Crippen molar-refractivity contribution >= 4 is 23.2 Å². The molecule has 98 valence electrons. The van der Waals surface area contributed by atoms with Crippen molar-refractivity contribution in [1.82, 2.24) is 5.32 Å². The van der Waals surface area contributed by atoms with Crippen LogP contribution < -0.4 is 5.32 Å². The monoisotopic (exact) mass is 267 g/mol. The molecule has 0 atom stereocenters. The van der Waals surface area contributed by atoms with E-state index in [9.17, 15) is 9.59 Å². The van der Waals surface area contributed by atoms with Gasteiger partial charge >= 0.3 is 5.97 Å². The van der Waals surface area contributed by atoms with E-state index in [4.69, 9.17) is 5.11 Å². The lowest BCUT2D eigenvalue weighted by molar-refractivity contribution is -0.139. The van der Waals surface area contributed by atoms with Crippen molar-refractivity contribution in [3.05, 3.63) is 21.9 Å². The van der Waals surface area contributed by atoms with Gasteiger partial charge in [-0.15, -0.1) is 11.3 Å². The van der Waals surface area contributed by atoms with E-state index in [0.717, 1.165) is 31.2 Å². The first-order chi connectivity index (χ1) is 8.56. The topological polar surface area (TPSA) is 66.4 Å². The summed E-state index contributed by atoms with van der Waals surface area (Å²) in [6.07, 6.45) is 3.35. The Morgan fingerprint density at radius 1 is 1.50 bits per heavy atom. The van der Waals surface area contributed by atoms with E-state index in [0.29, 0.717) is 4.88 Å². The van der Waals surface area contributed by atoms with Gasteiger partial charge in [0.25, 0.3) is 5.91 Å². The highest BCUT2D eigenvalue weighted by Gasteiger charge is 2.40. The zero-order chi connectivity index (χ0) is 13.2. The maximum absolute atomic E-state index is 12.2. The van der Waals surface area contributed by atoms with E-state index < -0.39 is 11.5 Å². The van der Waals surface area contributed by atoms with Crippen LogP contribution in [0.25, 0.3) is 0 Å². The van der Waals surface area contributed by atoms with Crippen LogP contribution in [0.1, 0.15) is 47.8 Å². The van der Waals surface area contributed by atoms with Crippen molar-refractivity contribution in [1.29, 1.82) is 0 Å². The predicted octanol–water partition coefficient (Wildman–Crippen LogP) is 2.44. The predicted molar refractivity (Wildman–Crippen MR) is 70.0 cm³/mol. The van der Waals surface area contributed by atoms with Gasteiger partial charge in [-0.2, -0.15) is 0 Å². The number of hydrogen-bond donors (Lipinski definition) is 2. The molecule has 0 aliphatic heterocycles. The number of rotatable bonds is 5. The highest BCUT2D eigenvalue weighted by Crippen LogP contribution is 2.35. The lowest BCUT2D eigenvalue weighted by Gasteiger charge is -2.41. The molecule has 18 heavy (non-hydrogen) atoms. The number of carbonyl (C=O) groups excluding carboxylic acids is 1. The average Bonchev–Trinajstić information content (AvgIpc) is 2.73. The molecule has 1 fully saturated rings. The molecule has 0 spiro atoms. The van der Waals surface area contributed by atoms with Gasteiger partial charge < -0.3 is 10.4 Å². The number of carboxylic acids is 1. The van der Waals surface area contributed by atoms with Crippen molar-refractivity contribution in [3.8, 4) is 0 Å². The van der Waals surface area contributed by atoms with Crippen LogP contribution in [0.3, 0.4) is 0 Å². The molecule has 4 nitrogen and oxygen atoms in total. The molecule has 2 rings (SSSR count). The van der Waals surface area contributed by atoms with E-state index in [-0.39, 0.29) is 12.3 Å². The normalized spacial score (nSPS) is 16.9. The first kappa shape index (κ1) is 13.1. The number of thiophene rings is 1. The fourth-order valence-corrected chi connectivity index (χ4v) is 3.24. The molecular weight excluding hydrogens is 250 g/mol. The van der Waals surface area contributed by atoms with Crippen molar-refractivity contribution in [3.63, 3.8) is 0 Å². The minimum atomic E-state index is -0.850. The van der Waals surface area contributed by atoms with Crippen molar-refractivity contribution in [2.45, 2.75) is 44.6 Å². The molecule has 0 unspecified atom stereocenters. The summed E-state index contributed by atoms with van der Waals surface area (Å²) in [4.78, 5) is 23.7. The quantitative estimate of drug-likeness (QED) is 0.861. The highest BCUT2D eigenvalue weighted by atomic mass is 32.1. The first-order valence-electron chi connectivity index (χ1n) is 6.17. The average molecular weight is 267 g/mol. The standard InChI is InChI=1S/C13H17NO3S/c1-2-9-4-7-18-11(9)12(17)14-13(5-3-6-13)8-10(15)16/h4,7H,2-3,5-6,8H2,1H3,(H,14,17)(H,15,16). The van der Waals surface area contributed by atoms with Crippen LogP contribution in [0.5, 0.6) is 0 Å². The fourth-order valence-electron chi connectivity index (χ4n) is 2.35. The number of hydrogen-bond acceptors (Lipinski definition) is 3. The summed E-state index contributed by atoms with van der Waals surface area (Å²) in [5.41, 5.74) is 0.514. The number of carboxylic acid groups (broad SMARTS) is 1. The zero-order valence-corrected chi connectivity index (χ0v) is 11.2. The van der Waals surface area contributed by atoms with Gasteiger partial charge in [0.1, 0.15) is 0 Å². The van der Waals surface area contributed by atoms with Crippen LogP contribution in [-0.4, -0.2) is 22.5 Å². The van der Waals surface area contributed by atoms with Crippen LogP contribution in [0.15, 0.2) is 11.4 Å². The molecule has 1 aromatic rings. The Balaban J connectivity index is 2.08. The van der Waals surface area contributed by atoms with Gasteiger partial charge in [-0.05, 0) is 42.7 Å². The Morgan fingerprint density at radius 2 is 2.22 bits per heavy atom. The van der Waals surface area contributed by atoms with E-state index in [2.05, 4.69) is 5.32 Å². The van der Waals surface area contributed by atoms with Gasteiger partial charge in [0.05, 0.1) is 16.8 Å². The van der Waals surface area contributed by atoms with Crippen molar-refractivity contribution in [2.24, 2.45) is 0 Å². The van der Waals surface area contributed by atoms with Crippen molar-refractivity contribution in [2.75, 3.05) is 0 Å². The molecule has 1 saturated carbocycles. The largest absolute Gasteiger partial charge is 0.481 e. The Bertz CT molecular complexity index is 463. The van der Waals surface area contributed by atoms with Gasteiger partial charge in [-0.1, -0.05) is 6.92 Å². The molecule has 0 bridgehead atoms. The summed E-state index contributed by atoms with van der Waals surface area (Å²) in [7, 11) is 0. The molecule has 1 amide bonds. The minimum absolute atomic E-state index is 0.0194. The van der Waals surface area contributed by atoms with Gasteiger partial charge in [0.2, 0.25) is 0 Å². The zero-order valence-electron chi connectivity index (χ0n) is 10.4. The molecule has 0 saturated heterocycles. The second kappa shape index (κ2) is 5.10. The lowest BCUT2D eigenvalue weighted by atomic mass is 9.74. The van der Waals surface area contributed by atoms with Gasteiger partial charge in [-0.3, -0.25) is 9.59 Å². The molecule has 2 N–H and O–H groups in total. The minimum Gasteiger partial charge on any atom is -0.481 e. The summed E-state index contributed by atoms with van der Waals surface area (Å²) >= 11 is 1.42. The van der Waals surface area contributed by atoms with Gasteiger partial charge in [0, 0.05) is 0 Å². The second-order valence-corrected chi connectivity index (χ2v) is 5.70. The number of aliphatic carboxylic acids is 1. The van der Waals surface area contributed by atoms with Crippen molar-refractivity contribution < 1.29 is 14.7 Å². The third-order valence-corrected chi connectivity index (χ3v) is 4.47. The summed E-state index contributed by atoms with van der Waals surface area (Å²) < 4.78 is 0. The summed E-state index contributed by atoms with van der Waals surface area (Å²) in [5.74, 6) is -0.973. The molecule has 0 aromatic carbocycles. The fraction of sp³-hybridized carbons (Fsp3) is 0.538. The van der Waals surface area contributed by atoms with E-state index in [1.165, 1.54) is 11.3 Å². The van der Waals surface area contributed by atoms with Crippen LogP contribution >= 0.6 is 11.3 Å². The lowest BCUT2D eigenvalue weighted by Crippen LogP contribution is -2.54. The number of nitrogens with one attached hydrogen (secondary N) is 1. The van der Waals surface area contributed by atoms with Crippen LogP contribution in [-0.2, 0) is 11.2 Å². The molecule has 1 aliphatic rings. The van der Waals surface area contributed by atoms with E-state index in [1.54, 1.807) is 0 Å². The Hall–Kier alpha value is -1.36. The number of carbonyl (C=O) groups is 2. The van der Waals surface area contributed by atoms with E-state index >= 15 is 0 Å². The maximum Gasteiger partial charge on any atom is 0.305 e. The van der Waals surface area contributed by atoms with Crippen LogP contribution in [0.2, 0.25) is 0 Å². The molecule has 1 aliphatic carbocycles. The van der Waals surface area contributed by atoms with Crippen LogP contribution in [0, 0.1) is 0 Å². The Labute approximate surface area is 110 Å². The Kier molecular flexibility index (Phi) is 3.71. The summed E-state index contributed by atoms with van der Waals surface area (Å²) in [6.45, 7) is 2.01. The maximum atomic E-state index is 12.2. The van der Waals surface area contributed by atoms with Gasteiger partial charge in [0.15, 0.2) is 0 Å². The Morgan fingerprint density at radius 3 is 2.72 bits per heavy atom. The SMILES string of the molecule is CCc1ccsc1C(=O)NC1(CC(=O)O)CCC1. The van der Waals surface area contributed by atoms with E-state index in [1.807, 2.05) is 18.4 Å². The van der Waals surface area contributed by atoms with Gasteiger partial charge in [-0.25, -0.2) is 0 Å². The molecule has 5 heteroatoms.